The predicted octanol–water partition coefficient (Wildman–Crippen LogP) is 1.11. The van der Waals surface area contributed by atoms with Gasteiger partial charge in [-0.25, -0.2) is 4.79 Å². The molecule has 0 aromatic rings. The lowest BCUT2D eigenvalue weighted by atomic mass is 10.1. The molecule has 1 atom stereocenters. The Kier molecular flexibility index (Phi) is 5.96. The predicted molar refractivity (Wildman–Crippen MR) is 96.3 cm³/mol. The fraction of sp³-hybridized carbons (Fsp3) is 0.882. The number of amides is 1. The summed E-state index contributed by atoms with van der Waals surface area (Å²) < 4.78 is 5.37. The number of likely N-dealkylation sites (N-methyl/N-ethyl adjacent to an activating group) is 1. The molecule has 2 N–H and O–H groups in total. The Morgan fingerprint density at radius 3 is 2.42 bits per heavy atom. The van der Waals surface area contributed by atoms with Crippen molar-refractivity contribution in [3.63, 3.8) is 0 Å². The van der Waals surface area contributed by atoms with Gasteiger partial charge in [-0.05, 0) is 53.6 Å². The maximum Gasteiger partial charge on any atom is 0.410 e. The lowest BCUT2D eigenvalue weighted by molar-refractivity contribution is 0.00700. The Bertz CT molecular complexity index is 460. The summed E-state index contributed by atoms with van der Waals surface area (Å²) in [5.74, 6) is 1.60. The number of aliphatic imine (C=N–C) groups is 1. The maximum absolute atomic E-state index is 11.9. The van der Waals surface area contributed by atoms with Crippen molar-refractivity contribution < 1.29 is 9.53 Å². The minimum atomic E-state index is -0.447. The van der Waals surface area contributed by atoms with Crippen LogP contribution in [-0.4, -0.2) is 80.3 Å². The van der Waals surface area contributed by atoms with E-state index in [1.165, 1.54) is 12.8 Å². The van der Waals surface area contributed by atoms with Gasteiger partial charge in [0.15, 0.2) is 5.96 Å². The normalized spacial score (nSPS) is 20.6. The zero-order valence-corrected chi connectivity index (χ0v) is 15.9. The van der Waals surface area contributed by atoms with Crippen LogP contribution in [0.1, 0.15) is 33.6 Å². The summed E-state index contributed by atoms with van der Waals surface area (Å²) in [4.78, 5) is 20.2. The highest BCUT2D eigenvalue weighted by atomic mass is 16.6. The first-order valence-electron chi connectivity index (χ1n) is 8.81. The molecule has 1 saturated heterocycles. The molecule has 7 nitrogen and oxygen atoms in total. The highest BCUT2D eigenvalue weighted by Gasteiger charge is 2.35. The average molecular weight is 339 g/mol. The number of rotatable bonds is 5. The van der Waals surface area contributed by atoms with Gasteiger partial charge in [-0.1, -0.05) is 0 Å². The monoisotopic (exact) mass is 339 g/mol. The summed E-state index contributed by atoms with van der Waals surface area (Å²) in [5.41, 5.74) is -0.447. The van der Waals surface area contributed by atoms with Gasteiger partial charge in [0.05, 0.1) is 6.04 Å². The van der Waals surface area contributed by atoms with Crippen LogP contribution in [0.4, 0.5) is 4.79 Å². The molecule has 24 heavy (non-hydrogen) atoms. The molecule has 0 aromatic carbocycles. The molecule has 1 heterocycles. The molecule has 1 aliphatic heterocycles. The van der Waals surface area contributed by atoms with Crippen LogP contribution in [0.2, 0.25) is 0 Å². The van der Waals surface area contributed by atoms with Crippen LogP contribution in [-0.2, 0) is 4.74 Å². The molecule has 0 bridgehead atoms. The number of nitrogens with zero attached hydrogens (tertiary/aromatic N) is 3. The van der Waals surface area contributed by atoms with E-state index in [2.05, 4.69) is 34.6 Å². The molecule has 1 aliphatic carbocycles. The lowest BCUT2D eigenvalue weighted by Gasteiger charge is -2.40. The molecular weight excluding hydrogens is 306 g/mol. The number of guanidine groups is 1. The highest BCUT2D eigenvalue weighted by Crippen LogP contribution is 2.34. The molecule has 1 saturated carbocycles. The van der Waals surface area contributed by atoms with E-state index in [4.69, 9.17) is 4.74 Å². The van der Waals surface area contributed by atoms with E-state index in [1.807, 2.05) is 20.8 Å². The fourth-order valence-corrected chi connectivity index (χ4v) is 2.89. The SMILES string of the molecule is CN=C(NCC(C1CC1)N(C)C)NC1CN(C(=O)OC(C)(C)C)C1. The molecule has 1 amide bonds. The van der Waals surface area contributed by atoms with Crippen LogP contribution < -0.4 is 10.6 Å². The Morgan fingerprint density at radius 2 is 1.96 bits per heavy atom. The summed E-state index contributed by atoms with van der Waals surface area (Å²) in [5, 5.41) is 6.79. The number of ether oxygens (including phenoxy) is 1. The third-order valence-electron chi connectivity index (χ3n) is 4.41. The Labute approximate surface area is 145 Å². The fourth-order valence-electron chi connectivity index (χ4n) is 2.89. The van der Waals surface area contributed by atoms with Gasteiger partial charge in [0, 0.05) is 32.7 Å². The van der Waals surface area contributed by atoms with E-state index >= 15 is 0 Å². The number of likely N-dealkylation sites (tertiary alicyclic amines) is 1. The van der Waals surface area contributed by atoms with Crippen molar-refractivity contribution in [2.75, 3.05) is 40.8 Å². The first-order valence-corrected chi connectivity index (χ1v) is 8.81. The van der Waals surface area contributed by atoms with Gasteiger partial charge >= 0.3 is 6.09 Å². The minimum absolute atomic E-state index is 0.224. The summed E-state index contributed by atoms with van der Waals surface area (Å²) in [6, 6.07) is 0.769. The molecule has 2 rings (SSSR count). The van der Waals surface area contributed by atoms with Crippen LogP contribution in [0.3, 0.4) is 0 Å². The van der Waals surface area contributed by atoms with Crippen molar-refractivity contribution >= 4 is 12.1 Å². The van der Waals surface area contributed by atoms with E-state index < -0.39 is 5.60 Å². The zero-order chi connectivity index (χ0) is 17.9. The van der Waals surface area contributed by atoms with Gasteiger partial charge in [0.2, 0.25) is 0 Å². The van der Waals surface area contributed by atoms with Crippen LogP contribution in [0.5, 0.6) is 0 Å². The highest BCUT2D eigenvalue weighted by molar-refractivity contribution is 5.80. The summed E-state index contributed by atoms with van der Waals surface area (Å²) in [6.07, 6.45) is 2.40. The second-order valence-corrected chi connectivity index (χ2v) is 8.05. The van der Waals surface area contributed by atoms with E-state index in [9.17, 15) is 4.79 Å². The van der Waals surface area contributed by atoms with Crippen LogP contribution in [0.15, 0.2) is 4.99 Å². The molecule has 138 valence electrons. The maximum atomic E-state index is 11.9. The summed E-state index contributed by atoms with van der Waals surface area (Å²) in [6.45, 7) is 7.83. The van der Waals surface area contributed by atoms with Crippen molar-refractivity contribution in [2.45, 2.75) is 51.3 Å². The number of hydrogen-bond donors (Lipinski definition) is 2. The second-order valence-electron chi connectivity index (χ2n) is 8.05. The Morgan fingerprint density at radius 1 is 1.33 bits per heavy atom. The number of nitrogens with one attached hydrogen (secondary N) is 2. The molecule has 2 aliphatic rings. The van der Waals surface area contributed by atoms with Gasteiger partial charge in [-0.15, -0.1) is 0 Å². The molecular formula is C17H33N5O2. The summed E-state index contributed by atoms with van der Waals surface area (Å²) >= 11 is 0. The largest absolute Gasteiger partial charge is 0.444 e. The van der Waals surface area contributed by atoms with Crippen LogP contribution in [0.25, 0.3) is 0 Å². The smallest absolute Gasteiger partial charge is 0.410 e. The van der Waals surface area contributed by atoms with Crippen molar-refractivity contribution in [2.24, 2.45) is 10.9 Å². The first-order chi connectivity index (χ1) is 11.2. The molecule has 0 aromatic heterocycles. The van der Waals surface area contributed by atoms with E-state index in [1.54, 1.807) is 11.9 Å². The van der Waals surface area contributed by atoms with Gasteiger partial charge in [-0.3, -0.25) is 4.99 Å². The van der Waals surface area contributed by atoms with E-state index in [0.717, 1.165) is 18.4 Å². The van der Waals surface area contributed by atoms with E-state index in [0.29, 0.717) is 19.1 Å². The second kappa shape index (κ2) is 7.59. The van der Waals surface area contributed by atoms with Crippen molar-refractivity contribution in [1.29, 1.82) is 0 Å². The minimum Gasteiger partial charge on any atom is -0.444 e. The van der Waals surface area contributed by atoms with Gasteiger partial charge in [0.1, 0.15) is 5.60 Å². The number of carbonyl (C=O) groups excluding carboxylic acids is 1. The van der Waals surface area contributed by atoms with Crippen LogP contribution in [0, 0.1) is 5.92 Å². The number of hydrogen-bond acceptors (Lipinski definition) is 4. The third kappa shape index (κ3) is 5.54. The zero-order valence-electron chi connectivity index (χ0n) is 15.9. The first kappa shape index (κ1) is 18.8. The molecule has 2 fully saturated rings. The van der Waals surface area contributed by atoms with Crippen molar-refractivity contribution in [3.05, 3.63) is 0 Å². The van der Waals surface area contributed by atoms with E-state index in [-0.39, 0.29) is 12.1 Å². The molecule has 0 spiro atoms. The van der Waals surface area contributed by atoms with Gasteiger partial charge in [-0.2, -0.15) is 0 Å². The van der Waals surface area contributed by atoms with Gasteiger partial charge < -0.3 is 25.2 Å². The van der Waals surface area contributed by atoms with Gasteiger partial charge in [0.25, 0.3) is 0 Å². The third-order valence-corrected chi connectivity index (χ3v) is 4.41. The standard InChI is InChI=1S/C17H33N5O2/c1-17(2,3)24-16(23)22-10-13(11-22)20-15(18-4)19-9-14(21(5)6)12-7-8-12/h12-14H,7-11H2,1-6H3,(H2,18,19,20). The van der Waals surface area contributed by atoms with Crippen molar-refractivity contribution in [3.8, 4) is 0 Å². The number of carbonyl (C=O) groups is 1. The molecule has 1 unspecified atom stereocenters. The summed E-state index contributed by atoms with van der Waals surface area (Å²) in [7, 11) is 6.04. The molecule has 7 heteroatoms. The van der Waals surface area contributed by atoms with Crippen molar-refractivity contribution in [1.82, 2.24) is 20.4 Å². The lowest BCUT2D eigenvalue weighted by Crippen LogP contribution is -2.63. The average Bonchev–Trinajstić information content (AvgIpc) is 3.22. The van der Waals surface area contributed by atoms with Crippen LogP contribution >= 0.6 is 0 Å². The molecule has 0 radical (unpaired) electrons. The Hall–Kier alpha value is -1.50. The Balaban J connectivity index is 1.70. The topological polar surface area (TPSA) is 69.2 Å². The quantitative estimate of drug-likeness (QED) is 0.580.